The van der Waals surface area contributed by atoms with E-state index in [0.717, 1.165) is 44.1 Å². The highest BCUT2D eigenvalue weighted by Gasteiger charge is 2.41. The van der Waals surface area contributed by atoms with Crippen LogP contribution in [-0.4, -0.2) is 64.7 Å². The molecule has 5 rings (SSSR count). The van der Waals surface area contributed by atoms with Gasteiger partial charge in [0.2, 0.25) is 0 Å². The number of aromatic carboxylic acids is 1. The average molecular weight is 458 g/mol. The number of aromatic nitrogens is 1. The number of nitrogens with two attached hydrogens (primary N) is 2. The van der Waals surface area contributed by atoms with Crippen LogP contribution >= 0.6 is 0 Å². The number of hydrogen-bond acceptors (Lipinski definition) is 6. The largest absolute Gasteiger partial charge is 0.477 e. The number of halogens is 1. The van der Waals surface area contributed by atoms with Gasteiger partial charge in [0.05, 0.1) is 17.4 Å². The average Bonchev–Trinajstić information content (AvgIpc) is 3.44. The molecule has 0 aromatic carbocycles. The van der Waals surface area contributed by atoms with Gasteiger partial charge in [-0.2, -0.15) is 0 Å². The molecule has 0 bridgehead atoms. The molecule has 3 fully saturated rings. The SMILES string of the molecule is CC[C@H]1CN(C2CN(c3c(F)cn4c(=O)c(C(=O)O)cc(C5CC5)c4c3C)CC2N)C[C@@H]1N. The van der Waals surface area contributed by atoms with Gasteiger partial charge in [-0.3, -0.25) is 14.1 Å². The summed E-state index contributed by atoms with van der Waals surface area (Å²) in [5.74, 6) is -1.19. The normalized spacial score (nSPS) is 28.2. The molecule has 178 valence electrons. The van der Waals surface area contributed by atoms with E-state index in [1.54, 1.807) is 0 Å². The molecule has 1 aliphatic carbocycles. The van der Waals surface area contributed by atoms with Crippen molar-refractivity contribution in [2.75, 3.05) is 31.1 Å². The predicted molar refractivity (Wildman–Crippen MR) is 125 cm³/mol. The summed E-state index contributed by atoms with van der Waals surface area (Å²) in [6.45, 7) is 6.77. The van der Waals surface area contributed by atoms with E-state index in [1.165, 1.54) is 10.5 Å². The number of carboxylic acids is 1. The van der Waals surface area contributed by atoms with Crippen LogP contribution in [0.5, 0.6) is 0 Å². The maximum absolute atomic E-state index is 15.5. The number of aryl methyl sites for hydroxylation is 1. The van der Waals surface area contributed by atoms with Crippen LogP contribution in [0.25, 0.3) is 5.52 Å². The highest BCUT2D eigenvalue weighted by Crippen LogP contribution is 2.44. The van der Waals surface area contributed by atoms with Gasteiger partial charge in [0.1, 0.15) is 5.56 Å². The quantitative estimate of drug-likeness (QED) is 0.623. The Labute approximate surface area is 191 Å². The van der Waals surface area contributed by atoms with E-state index in [-0.39, 0.29) is 29.6 Å². The van der Waals surface area contributed by atoms with Gasteiger partial charge < -0.3 is 21.5 Å². The molecule has 0 spiro atoms. The van der Waals surface area contributed by atoms with Gasteiger partial charge in [-0.1, -0.05) is 13.3 Å². The van der Waals surface area contributed by atoms with Gasteiger partial charge in [0.25, 0.3) is 5.56 Å². The van der Waals surface area contributed by atoms with Gasteiger partial charge in [-0.25, -0.2) is 9.18 Å². The monoisotopic (exact) mass is 457 g/mol. The standard InChI is InChI=1S/C24H32FN5O3/c1-3-13-7-28(9-18(13)26)20-11-29(10-19(20)27)22-12(2)21-15(14-4-5-14)6-16(24(32)33)23(31)30(21)8-17(22)25/h6,8,13-14,18-20H,3-5,7,9-11,26-27H2,1-2H3,(H,32,33)/t13-,18-,19?,20?/m0/s1. The molecule has 3 aliphatic rings. The lowest BCUT2D eigenvalue weighted by Gasteiger charge is -2.27. The zero-order valence-corrected chi connectivity index (χ0v) is 19.1. The van der Waals surface area contributed by atoms with Gasteiger partial charge in [-0.15, -0.1) is 0 Å². The second-order valence-corrected chi connectivity index (χ2v) is 9.99. The second kappa shape index (κ2) is 8.07. The maximum atomic E-state index is 15.5. The molecule has 5 N–H and O–H groups in total. The number of anilines is 1. The first-order valence-electron chi connectivity index (χ1n) is 11.8. The molecule has 0 amide bonds. The van der Waals surface area contributed by atoms with Crippen LogP contribution in [0.1, 0.15) is 53.6 Å². The number of carbonyl (C=O) groups is 1. The lowest BCUT2D eigenvalue weighted by molar-refractivity contribution is 0.0694. The summed E-state index contributed by atoms with van der Waals surface area (Å²) in [7, 11) is 0. The summed E-state index contributed by atoms with van der Waals surface area (Å²) in [6.07, 6.45) is 4.04. The molecule has 4 heterocycles. The molecule has 1 saturated carbocycles. The highest BCUT2D eigenvalue weighted by atomic mass is 19.1. The lowest BCUT2D eigenvalue weighted by Crippen LogP contribution is -2.46. The molecule has 2 unspecified atom stereocenters. The van der Waals surface area contributed by atoms with Gasteiger partial charge >= 0.3 is 5.97 Å². The fourth-order valence-corrected chi connectivity index (χ4v) is 5.90. The molecule has 2 aromatic rings. The fraction of sp³-hybridized carbons (Fsp3) is 0.583. The van der Waals surface area contributed by atoms with E-state index < -0.39 is 17.3 Å². The minimum absolute atomic E-state index is 0.0853. The van der Waals surface area contributed by atoms with Crippen molar-refractivity contribution in [1.82, 2.24) is 9.30 Å². The summed E-state index contributed by atoms with van der Waals surface area (Å²) >= 11 is 0. The number of nitrogens with zero attached hydrogens (tertiary/aromatic N) is 3. The fourth-order valence-electron chi connectivity index (χ4n) is 5.90. The smallest absolute Gasteiger partial charge is 0.341 e. The molecular weight excluding hydrogens is 425 g/mol. The minimum Gasteiger partial charge on any atom is -0.477 e. The van der Waals surface area contributed by atoms with Crippen LogP contribution in [0, 0.1) is 18.7 Å². The molecule has 2 aromatic heterocycles. The van der Waals surface area contributed by atoms with Crippen LogP contribution in [0.15, 0.2) is 17.1 Å². The third kappa shape index (κ3) is 3.62. The maximum Gasteiger partial charge on any atom is 0.341 e. The first-order valence-corrected chi connectivity index (χ1v) is 11.8. The van der Waals surface area contributed by atoms with Crippen LogP contribution in [-0.2, 0) is 0 Å². The number of likely N-dealkylation sites (tertiary alicyclic amines) is 1. The van der Waals surface area contributed by atoms with E-state index >= 15 is 4.39 Å². The Hall–Kier alpha value is -2.49. The number of carboxylic acid groups (broad SMARTS) is 1. The first kappa shape index (κ1) is 22.3. The van der Waals surface area contributed by atoms with Crippen molar-refractivity contribution in [2.45, 2.75) is 57.2 Å². The molecule has 4 atom stereocenters. The molecule has 8 nitrogen and oxygen atoms in total. The molecular formula is C24H32FN5O3. The van der Waals surface area contributed by atoms with Crippen molar-refractivity contribution in [2.24, 2.45) is 17.4 Å². The summed E-state index contributed by atoms with van der Waals surface area (Å²) in [5.41, 5.74) is 14.4. The lowest BCUT2D eigenvalue weighted by atomic mass is 10.0. The Kier molecular flexibility index (Phi) is 5.46. The molecule has 0 radical (unpaired) electrons. The minimum atomic E-state index is -1.29. The van der Waals surface area contributed by atoms with Crippen LogP contribution in [0.3, 0.4) is 0 Å². The van der Waals surface area contributed by atoms with Crippen LogP contribution < -0.4 is 21.9 Å². The summed E-state index contributed by atoms with van der Waals surface area (Å²) < 4.78 is 16.7. The van der Waals surface area contributed by atoms with E-state index in [9.17, 15) is 14.7 Å². The first-order chi connectivity index (χ1) is 15.7. The third-order valence-corrected chi connectivity index (χ3v) is 7.85. The highest BCUT2D eigenvalue weighted by molar-refractivity contribution is 5.89. The van der Waals surface area contributed by atoms with E-state index in [1.807, 2.05) is 11.8 Å². The van der Waals surface area contributed by atoms with Gasteiger partial charge in [0, 0.05) is 44.3 Å². The number of rotatable bonds is 5. The van der Waals surface area contributed by atoms with Gasteiger partial charge in [-0.05, 0) is 48.8 Å². The summed E-state index contributed by atoms with van der Waals surface area (Å²) in [6, 6.07) is 1.57. The Bertz CT molecular complexity index is 1180. The Balaban J connectivity index is 1.56. The Morgan fingerprint density at radius 3 is 2.52 bits per heavy atom. The Morgan fingerprint density at radius 2 is 1.91 bits per heavy atom. The number of fused-ring (bicyclic) bond motifs is 1. The van der Waals surface area contributed by atoms with E-state index in [4.69, 9.17) is 11.5 Å². The summed E-state index contributed by atoms with van der Waals surface area (Å²) in [5, 5.41) is 9.49. The topological polar surface area (TPSA) is 117 Å². The van der Waals surface area contributed by atoms with Crippen molar-refractivity contribution >= 4 is 17.2 Å². The molecule has 33 heavy (non-hydrogen) atoms. The molecule has 9 heteroatoms. The molecule has 2 saturated heterocycles. The van der Waals surface area contributed by atoms with Crippen molar-refractivity contribution in [3.8, 4) is 0 Å². The van der Waals surface area contributed by atoms with E-state index in [2.05, 4.69) is 11.8 Å². The zero-order chi connectivity index (χ0) is 23.6. The van der Waals surface area contributed by atoms with Crippen molar-refractivity contribution in [3.63, 3.8) is 0 Å². The zero-order valence-electron chi connectivity index (χ0n) is 19.1. The summed E-state index contributed by atoms with van der Waals surface area (Å²) in [4.78, 5) is 28.8. The van der Waals surface area contributed by atoms with Crippen molar-refractivity contribution in [3.05, 3.63) is 45.1 Å². The Morgan fingerprint density at radius 1 is 1.18 bits per heavy atom. The van der Waals surface area contributed by atoms with E-state index in [0.29, 0.717) is 35.8 Å². The van der Waals surface area contributed by atoms with Crippen LogP contribution in [0.2, 0.25) is 0 Å². The third-order valence-electron chi connectivity index (χ3n) is 7.85. The van der Waals surface area contributed by atoms with Crippen LogP contribution in [0.4, 0.5) is 10.1 Å². The predicted octanol–water partition coefficient (Wildman–Crippen LogP) is 1.51. The van der Waals surface area contributed by atoms with Crippen molar-refractivity contribution < 1.29 is 14.3 Å². The number of pyridine rings is 2. The van der Waals surface area contributed by atoms with Gasteiger partial charge in [0.15, 0.2) is 5.82 Å². The number of hydrogen-bond donors (Lipinski definition) is 3. The van der Waals surface area contributed by atoms with Crippen molar-refractivity contribution in [1.29, 1.82) is 0 Å². The second-order valence-electron chi connectivity index (χ2n) is 9.99. The molecule has 2 aliphatic heterocycles.